The minimum atomic E-state index is -0.968. The first kappa shape index (κ1) is 12.1. The maximum atomic E-state index is 11.2. The number of rotatable bonds is 3. The summed E-state index contributed by atoms with van der Waals surface area (Å²) in [6, 6.07) is -0.354. The van der Waals surface area contributed by atoms with Crippen LogP contribution in [0, 0.1) is 5.41 Å². The van der Waals surface area contributed by atoms with E-state index >= 15 is 0 Å². The first-order valence-corrected chi connectivity index (χ1v) is 5.45. The Labute approximate surface area is 103 Å². The summed E-state index contributed by atoms with van der Waals surface area (Å²) >= 11 is 5.70. The Bertz CT molecular complexity index is 443. The highest BCUT2D eigenvalue weighted by molar-refractivity contribution is 6.29. The van der Waals surface area contributed by atoms with Crippen molar-refractivity contribution in [3.8, 4) is 0 Å². The summed E-state index contributed by atoms with van der Waals surface area (Å²) in [5.74, 6) is -0.456. The maximum absolute atomic E-state index is 11.2. The summed E-state index contributed by atoms with van der Waals surface area (Å²) in [5, 5.41) is 12.4. The molecule has 92 valence electrons. The van der Waals surface area contributed by atoms with Crippen LogP contribution < -0.4 is 5.32 Å². The number of ether oxygens (including phenoxy) is 1. The van der Waals surface area contributed by atoms with Gasteiger partial charge in [0.2, 0.25) is 0 Å². The molecular weight excluding hydrogens is 246 g/mol. The molecule has 1 fully saturated rings. The average molecular weight is 258 g/mol. The number of carboxylic acid groups (broad SMARTS) is 1. The predicted molar refractivity (Wildman–Crippen MR) is 61.0 cm³/mol. The fourth-order valence-corrected chi connectivity index (χ4v) is 1.82. The zero-order chi connectivity index (χ0) is 12.5. The van der Waals surface area contributed by atoms with E-state index in [0.717, 1.165) is 0 Å². The molecule has 2 heterocycles. The molecule has 0 spiro atoms. The number of nitrogens with one attached hydrogen (secondary N) is 1. The smallest absolute Gasteiger partial charge is 0.313 e. The molecule has 17 heavy (non-hydrogen) atoms. The molecular formula is C10H12ClN3O3. The Morgan fingerprint density at radius 3 is 3.12 bits per heavy atom. The number of carboxylic acids is 1. The van der Waals surface area contributed by atoms with Crippen molar-refractivity contribution >= 4 is 23.4 Å². The van der Waals surface area contributed by atoms with Crippen molar-refractivity contribution < 1.29 is 14.6 Å². The van der Waals surface area contributed by atoms with E-state index in [0.29, 0.717) is 12.4 Å². The molecule has 0 aromatic carbocycles. The fourth-order valence-electron chi connectivity index (χ4n) is 1.68. The Morgan fingerprint density at radius 1 is 1.71 bits per heavy atom. The molecule has 1 aliphatic heterocycles. The van der Waals surface area contributed by atoms with Crippen molar-refractivity contribution in [1.29, 1.82) is 0 Å². The van der Waals surface area contributed by atoms with Gasteiger partial charge >= 0.3 is 5.97 Å². The van der Waals surface area contributed by atoms with Gasteiger partial charge in [0.05, 0.1) is 31.6 Å². The summed E-state index contributed by atoms with van der Waals surface area (Å²) in [4.78, 5) is 19.1. The fraction of sp³-hybridized carbons (Fsp3) is 0.500. The van der Waals surface area contributed by atoms with Crippen molar-refractivity contribution in [2.24, 2.45) is 5.41 Å². The normalized spacial score (nSPS) is 28.0. The van der Waals surface area contributed by atoms with Crippen LogP contribution in [0.3, 0.4) is 0 Å². The van der Waals surface area contributed by atoms with E-state index in [1.54, 1.807) is 6.92 Å². The summed E-state index contributed by atoms with van der Waals surface area (Å²) in [7, 11) is 0. The van der Waals surface area contributed by atoms with Gasteiger partial charge in [0.1, 0.15) is 16.4 Å². The molecule has 0 radical (unpaired) electrons. The van der Waals surface area contributed by atoms with Gasteiger partial charge < -0.3 is 15.2 Å². The van der Waals surface area contributed by atoms with Gasteiger partial charge in [-0.1, -0.05) is 11.6 Å². The van der Waals surface area contributed by atoms with E-state index in [-0.39, 0.29) is 17.8 Å². The molecule has 0 aliphatic carbocycles. The Morgan fingerprint density at radius 2 is 2.47 bits per heavy atom. The number of hydrogen-bond acceptors (Lipinski definition) is 5. The van der Waals surface area contributed by atoms with Crippen LogP contribution in [-0.2, 0) is 9.53 Å². The van der Waals surface area contributed by atoms with Crippen molar-refractivity contribution in [1.82, 2.24) is 9.97 Å². The lowest BCUT2D eigenvalue weighted by Gasteiger charge is -2.25. The standard InChI is InChI=1S/C10H12ClN3O3/c1-10(9(15)16)5-17-4-6(10)13-8-3-12-2-7(11)14-8/h2-3,6H,4-5H2,1H3,(H,13,14)(H,15,16). The molecule has 1 aromatic heterocycles. The minimum absolute atomic E-state index is 0.175. The molecule has 6 nitrogen and oxygen atoms in total. The molecule has 2 unspecified atom stereocenters. The SMILES string of the molecule is CC1(C(=O)O)COCC1Nc1cncc(Cl)n1. The quantitative estimate of drug-likeness (QED) is 0.841. The van der Waals surface area contributed by atoms with Gasteiger partial charge in [0.15, 0.2) is 0 Å². The average Bonchev–Trinajstić information content (AvgIpc) is 2.62. The summed E-state index contributed by atoms with van der Waals surface area (Å²) in [6.45, 7) is 2.13. The van der Waals surface area contributed by atoms with E-state index in [1.807, 2.05) is 0 Å². The van der Waals surface area contributed by atoms with Crippen LogP contribution in [0.15, 0.2) is 12.4 Å². The highest BCUT2D eigenvalue weighted by Crippen LogP contribution is 2.30. The second-order valence-corrected chi connectivity index (χ2v) is 4.55. The maximum Gasteiger partial charge on any atom is 0.313 e. The summed E-state index contributed by atoms with van der Waals surface area (Å²) in [5.41, 5.74) is -0.968. The zero-order valence-electron chi connectivity index (χ0n) is 9.18. The monoisotopic (exact) mass is 257 g/mol. The van der Waals surface area contributed by atoms with Crippen LogP contribution in [0.1, 0.15) is 6.92 Å². The lowest BCUT2D eigenvalue weighted by molar-refractivity contribution is -0.148. The molecule has 0 amide bonds. The van der Waals surface area contributed by atoms with Crippen LogP contribution in [0.25, 0.3) is 0 Å². The van der Waals surface area contributed by atoms with Gasteiger partial charge in [-0.05, 0) is 6.92 Å². The van der Waals surface area contributed by atoms with Crippen LogP contribution in [-0.4, -0.2) is 40.3 Å². The molecule has 0 bridgehead atoms. The third kappa shape index (κ3) is 2.32. The van der Waals surface area contributed by atoms with E-state index in [1.165, 1.54) is 12.4 Å². The Hall–Kier alpha value is -1.40. The Kier molecular flexibility index (Phi) is 3.17. The highest BCUT2D eigenvalue weighted by Gasteiger charge is 2.46. The minimum Gasteiger partial charge on any atom is -0.481 e. The number of carbonyl (C=O) groups is 1. The van der Waals surface area contributed by atoms with Gasteiger partial charge in [-0.2, -0.15) is 0 Å². The highest BCUT2D eigenvalue weighted by atomic mass is 35.5. The molecule has 2 atom stereocenters. The van der Waals surface area contributed by atoms with Gasteiger partial charge in [-0.15, -0.1) is 0 Å². The Balaban J connectivity index is 2.16. The second kappa shape index (κ2) is 4.46. The van der Waals surface area contributed by atoms with Crippen LogP contribution in [0.5, 0.6) is 0 Å². The lowest BCUT2D eigenvalue weighted by Crippen LogP contribution is -2.43. The third-order valence-corrected chi connectivity index (χ3v) is 3.05. The summed E-state index contributed by atoms with van der Waals surface area (Å²) < 4.78 is 5.21. The predicted octanol–water partition coefficient (Wildman–Crippen LogP) is 1.03. The molecule has 1 aliphatic rings. The van der Waals surface area contributed by atoms with Crippen LogP contribution in [0.2, 0.25) is 5.15 Å². The molecule has 0 saturated carbocycles. The van der Waals surface area contributed by atoms with Crippen LogP contribution in [0.4, 0.5) is 5.82 Å². The first-order chi connectivity index (χ1) is 8.02. The molecule has 2 N–H and O–H groups in total. The van der Waals surface area contributed by atoms with E-state index in [9.17, 15) is 9.90 Å². The van der Waals surface area contributed by atoms with Crippen LogP contribution >= 0.6 is 11.6 Å². The summed E-state index contributed by atoms with van der Waals surface area (Å²) in [6.07, 6.45) is 2.90. The molecule has 1 aromatic rings. The van der Waals surface area contributed by atoms with Gasteiger partial charge in [0, 0.05) is 0 Å². The van der Waals surface area contributed by atoms with E-state index < -0.39 is 11.4 Å². The van der Waals surface area contributed by atoms with Crippen molar-refractivity contribution in [3.63, 3.8) is 0 Å². The zero-order valence-corrected chi connectivity index (χ0v) is 9.94. The van der Waals surface area contributed by atoms with E-state index in [4.69, 9.17) is 16.3 Å². The first-order valence-electron chi connectivity index (χ1n) is 5.07. The number of anilines is 1. The number of halogens is 1. The van der Waals surface area contributed by atoms with Crippen molar-refractivity contribution in [2.75, 3.05) is 18.5 Å². The lowest BCUT2D eigenvalue weighted by atomic mass is 9.85. The number of hydrogen-bond donors (Lipinski definition) is 2. The second-order valence-electron chi connectivity index (χ2n) is 4.16. The van der Waals surface area contributed by atoms with Crippen molar-refractivity contribution in [3.05, 3.63) is 17.5 Å². The number of aliphatic carboxylic acids is 1. The number of aromatic nitrogens is 2. The number of nitrogens with zero attached hydrogens (tertiary/aromatic N) is 2. The van der Waals surface area contributed by atoms with Gasteiger partial charge in [0.25, 0.3) is 0 Å². The van der Waals surface area contributed by atoms with Gasteiger partial charge in [-0.25, -0.2) is 4.98 Å². The molecule has 1 saturated heterocycles. The third-order valence-electron chi connectivity index (χ3n) is 2.87. The molecule has 2 rings (SSSR count). The largest absolute Gasteiger partial charge is 0.481 e. The van der Waals surface area contributed by atoms with Crippen molar-refractivity contribution in [2.45, 2.75) is 13.0 Å². The topological polar surface area (TPSA) is 84.3 Å². The molecule has 7 heteroatoms. The van der Waals surface area contributed by atoms with E-state index in [2.05, 4.69) is 15.3 Å². The van der Waals surface area contributed by atoms with Gasteiger partial charge in [-0.3, -0.25) is 9.78 Å².